The highest BCUT2D eigenvalue weighted by Crippen LogP contribution is 2.21. The van der Waals surface area contributed by atoms with E-state index in [9.17, 15) is 24.1 Å². The molecule has 0 aliphatic heterocycles. The summed E-state index contributed by atoms with van der Waals surface area (Å²) in [4.78, 5) is 33.4. The molecule has 2 aromatic rings. The Labute approximate surface area is 135 Å². The molecule has 1 heterocycles. The van der Waals surface area contributed by atoms with Crippen LogP contribution in [0.25, 0.3) is 0 Å². The first-order valence-corrected chi connectivity index (χ1v) is 6.95. The minimum atomic E-state index is -1.03. The molecular formula is C15H14FN3O5. The molecule has 9 heteroatoms. The van der Waals surface area contributed by atoms with Gasteiger partial charge in [-0.05, 0) is 31.2 Å². The molecule has 0 saturated heterocycles. The number of nitro benzene ring substituents is 1. The van der Waals surface area contributed by atoms with Crippen molar-refractivity contribution in [2.75, 3.05) is 5.32 Å². The normalized spacial score (nSPS) is 11.6. The molecule has 24 heavy (non-hydrogen) atoms. The van der Waals surface area contributed by atoms with Crippen molar-refractivity contribution in [1.82, 2.24) is 5.32 Å². The lowest BCUT2D eigenvalue weighted by molar-refractivity contribution is -0.387. The first-order chi connectivity index (χ1) is 11.4. The number of nitro groups is 1. The van der Waals surface area contributed by atoms with Crippen LogP contribution in [0.4, 0.5) is 15.8 Å². The van der Waals surface area contributed by atoms with E-state index in [1.165, 1.54) is 6.26 Å². The molecule has 0 radical (unpaired) electrons. The lowest BCUT2D eigenvalue weighted by Crippen LogP contribution is -2.41. The van der Waals surface area contributed by atoms with Gasteiger partial charge < -0.3 is 15.1 Å². The third-order valence-electron chi connectivity index (χ3n) is 3.07. The molecule has 1 unspecified atom stereocenters. The highest BCUT2D eigenvalue weighted by atomic mass is 19.1. The summed E-state index contributed by atoms with van der Waals surface area (Å²) in [6.07, 6.45) is 1.89. The van der Waals surface area contributed by atoms with Crippen LogP contribution in [0, 0.1) is 15.9 Å². The third-order valence-corrected chi connectivity index (χ3v) is 3.07. The van der Waals surface area contributed by atoms with Gasteiger partial charge in [0.15, 0.2) is 0 Å². The first-order valence-electron chi connectivity index (χ1n) is 6.95. The zero-order valence-corrected chi connectivity index (χ0v) is 12.6. The SMILES string of the molecule is CC(Cc1ccco1)NC(=O)C(=O)Nc1ccc(F)c([N+](=O)[O-])c1. The number of rotatable bonds is 5. The number of nitrogens with zero attached hydrogens (tertiary/aromatic N) is 1. The van der Waals surface area contributed by atoms with Crippen LogP contribution in [-0.2, 0) is 16.0 Å². The Bertz CT molecular complexity index is 760. The van der Waals surface area contributed by atoms with Gasteiger partial charge in [-0.25, -0.2) is 0 Å². The Morgan fingerprint density at radius 1 is 1.33 bits per heavy atom. The van der Waals surface area contributed by atoms with Gasteiger partial charge in [-0.1, -0.05) is 0 Å². The van der Waals surface area contributed by atoms with Gasteiger partial charge in [-0.2, -0.15) is 4.39 Å². The molecule has 0 fully saturated rings. The molecule has 2 rings (SSSR count). The highest BCUT2D eigenvalue weighted by Gasteiger charge is 2.19. The van der Waals surface area contributed by atoms with Crippen LogP contribution in [-0.4, -0.2) is 22.8 Å². The van der Waals surface area contributed by atoms with Crippen LogP contribution in [0.15, 0.2) is 41.0 Å². The number of hydrogen-bond donors (Lipinski definition) is 2. The Hall–Kier alpha value is -3.23. The van der Waals surface area contributed by atoms with Crippen molar-refractivity contribution in [3.8, 4) is 0 Å². The van der Waals surface area contributed by atoms with Crippen LogP contribution >= 0.6 is 0 Å². The van der Waals surface area contributed by atoms with E-state index >= 15 is 0 Å². The molecule has 2 N–H and O–H groups in total. The molecule has 0 aliphatic rings. The maximum atomic E-state index is 13.2. The van der Waals surface area contributed by atoms with Crippen molar-refractivity contribution in [3.05, 3.63) is 58.3 Å². The van der Waals surface area contributed by atoms with Crippen LogP contribution < -0.4 is 10.6 Å². The quantitative estimate of drug-likeness (QED) is 0.493. The molecule has 0 spiro atoms. The molecule has 1 atom stereocenters. The number of carbonyl (C=O) groups is 2. The van der Waals surface area contributed by atoms with Gasteiger partial charge in [0.25, 0.3) is 0 Å². The van der Waals surface area contributed by atoms with Crippen molar-refractivity contribution in [3.63, 3.8) is 0 Å². The lowest BCUT2D eigenvalue weighted by Gasteiger charge is -2.12. The summed E-state index contributed by atoms with van der Waals surface area (Å²) < 4.78 is 18.4. The minimum absolute atomic E-state index is 0.0538. The van der Waals surface area contributed by atoms with E-state index in [1.54, 1.807) is 19.1 Å². The smallest absolute Gasteiger partial charge is 0.313 e. The molecule has 126 valence electrons. The molecule has 8 nitrogen and oxygen atoms in total. The number of furan rings is 1. The van der Waals surface area contributed by atoms with Crippen molar-refractivity contribution < 1.29 is 23.3 Å². The summed E-state index contributed by atoms with van der Waals surface area (Å²) in [5, 5.41) is 15.3. The second kappa shape index (κ2) is 7.36. The van der Waals surface area contributed by atoms with Gasteiger partial charge in [0, 0.05) is 24.2 Å². The molecule has 2 amide bonds. The van der Waals surface area contributed by atoms with Crippen molar-refractivity contribution in [2.45, 2.75) is 19.4 Å². The van der Waals surface area contributed by atoms with Gasteiger partial charge in [0.2, 0.25) is 5.82 Å². The zero-order valence-electron chi connectivity index (χ0n) is 12.6. The van der Waals surface area contributed by atoms with E-state index in [-0.39, 0.29) is 11.7 Å². The summed E-state index contributed by atoms with van der Waals surface area (Å²) in [5.41, 5.74) is -0.846. The Balaban J connectivity index is 1.95. The largest absolute Gasteiger partial charge is 0.469 e. The number of amides is 2. The van der Waals surface area contributed by atoms with E-state index in [0.29, 0.717) is 12.2 Å². The second-order valence-electron chi connectivity index (χ2n) is 5.04. The Morgan fingerprint density at radius 2 is 2.08 bits per heavy atom. The number of nitrogens with one attached hydrogen (secondary N) is 2. The van der Waals surface area contributed by atoms with E-state index in [4.69, 9.17) is 4.42 Å². The Morgan fingerprint density at radius 3 is 2.71 bits per heavy atom. The second-order valence-corrected chi connectivity index (χ2v) is 5.04. The summed E-state index contributed by atoms with van der Waals surface area (Å²) in [5.74, 6) is -2.31. The van der Waals surface area contributed by atoms with Gasteiger partial charge >= 0.3 is 17.5 Å². The van der Waals surface area contributed by atoms with Gasteiger partial charge in [0.1, 0.15) is 5.76 Å². The molecule has 1 aromatic carbocycles. The summed E-state index contributed by atoms with van der Waals surface area (Å²) in [7, 11) is 0. The Kier molecular flexibility index (Phi) is 5.25. The molecule has 0 aliphatic carbocycles. The van der Waals surface area contributed by atoms with Crippen LogP contribution in [0.3, 0.4) is 0 Å². The van der Waals surface area contributed by atoms with Gasteiger partial charge in [0.05, 0.1) is 11.2 Å². The van der Waals surface area contributed by atoms with Crippen LogP contribution in [0.1, 0.15) is 12.7 Å². The minimum Gasteiger partial charge on any atom is -0.469 e. The lowest BCUT2D eigenvalue weighted by atomic mass is 10.2. The third kappa shape index (κ3) is 4.38. The fraction of sp³-hybridized carbons (Fsp3) is 0.200. The van der Waals surface area contributed by atoms with Crippen LogP contribution in [0.5, 0.6) is 0 Å². The summed E-state index contributed by atoms with van der Waals surface area (Å²) >= 11 is 0. The predicted octanol–water partition coefficient (Wildman–Crippen LogP) is 2.01. The summed E-state index contributed by atoms with van der Waals surface area (Å²) in [6.45, 7) is 1.69. The first kappa shape index (κ1) is 17.1. The number of anilines is 1. The highest BCUT2D eigenvalue weighted by molar-refractivity contribution is 6.39. The van der Waals surface area contributed by atoms with Gasteiger partial charge in [-0.3, -0.25) is 19.7 Å². The number of halogens is 1. The average molecular weight is 335 g/mol. The summed E-state index contributed by atoms with van der Waals surface area (Å²) in [6, 6.07) is 5.88. The predicted molar refractivity (Wildman–Crippen MR) is 81.7 cm³/mol. The topological polar surface area (TPSA) is 114 Å². The molecule has 0 bridgehead atoms. The van der Waals surface area contributed by atoms with E-state index in [1.807, 2.05) is 0 Å². The fourth-order valence-corrected chi connectivity index (χ4v) is 1.99. The van der Waals surface area contributed by atoms with E-state index in [0.717, 1.165) is 18.2 Å². The number of carbonyl (C=O) groups excluding carboxylic acids is 2. The number of benzene rings is 1. The van der Waals surface area contributed by atoms with Crippen molar-refractivity contribution >= 4 is 23.2 Å². The maximum absolute atomic E-state index is 13.2. The molecule has 1 aromatic heterocycles. The van der Waals surface area contributed by atoms with Crippen molar-refractivity contribution in [2.24, 2.45) is 0 Å². The van der Waals surface area contributed by atoms with E-state index in [2.05, 4.69) is 10.6 Å². The average Bonchev–Trinajstić information content (AvgIpc) is 3.01. The standard InChI is InChI=1S/C15H14FN3O5/c1-9(7-11-3-2-6-24-11)17-14(20)15(21)18-10-4-5-12(16)13(8-10)19(22)23/h2-6,8-9H,7H2,1H3,(H,17,20)(H,18,21). The zero-order chi connectivity index (χ0) is 17.7. The fourth-order valence-electron chi connectivity index (χ4n) is 1.99. The molecular weight excluding hydrogens is 321 g/mol. The van der Waals surface area contributed by atoms with Crippen molar-refractivity contribution in [1.29, 1.82) is 0 Å². The van der Waals surface area contributed by atoms with Gasteiger partial charge in [-0.15, -0.1) is 0 Å². The molecule has 0 saturated carbocycles. The van der Waals surface area contributed by atoms with E-state index < -0.39 is 28.2 Å². The monoisotopic (exact) mass is 335 g/mol. The maximum Gasteiger partial charge on any atom is 0.313 e. The number of hydrogen-bond acceptors (Lipinski definition) is 5. The van der Waals surface area contributed by atoms with Crippen LogP contribution in [0.2, 0.25) is 0 Å².